The van der Waals surface area contributed by atoms with E-state index in [-0.39, 0.29) is 11.8 Å². The fourth-order valence-electron chi connectivity index (χ4n) is 2.88. The molecule has 0 saturated carbocycles. The van der Waals surface area contributed by atoms with Gasteiger partial charge in [0.15, 0.2) is 0 Å². The van der Waals surface area contributed by atoms with E-state index < -0.39 is 0 Å². The van der Waals surface area contributed by atoms with Crippen LogP contribution >= 0.6 is 0 Å². The predicted octanol–water partition coefficient (Wildman–Crippen LogP) is 4.19. The molecule has 5 nitrogen and oxygen atoms in total. The smallest absolute Gasteiger partial charge is 0.251 e. The number of nitrogens with zero attached hydrogens (tertiary/aromatic N) is 1. The van der Waals surface area contributed by atoms with Crippen LogP contribution in [0.4, 0.5) is 0 Å². The summed E-state index contributed by atoms with van der Waals surface area (Å²) in [5.74, 6) is 0.461. The topological polar surface area (TPSA) is 62.6 Å². The van der Waals surface area contributed by atoms with E-state index in [2.05, 4.69) is 5.32 Å². The zero-order valence-electron chi connectivity index (χ0n) is 16.6. The normalized spacial score (nSPS) is 10.8. The molecule has 0 spiro atoms. The number of furan rings is 1. The Morgan fingerprint density at radius 3 is 2.34 bits per heavy atom. The summed E-state index contributed by atoms with van der Waals surface area (Å²) in [4.78, 5) is 26.3. The van der Waals surface area contributed by atoms with Gasteiger partial charge in [0.25, 0.3) is 5.91 Å². The van der Waals surface area contributed by atoms with Crippen molar-refractivity contribution in [2.24, 2.45) is 0 Å². The minimum absolute atomic E-state index is 0.114. The maximum atomic E-state index is 12.9. The number of hydrogen-bond donors (Lipinski definition) is 1. The summed E-state index contributed by atoms with van der Waals surface area (Å²) >= 11 is 0. The fourth-order valence-corrected chi connectivity index (χ4v) is 2.88. The van der Waals surface area contributed by atoms with Gasteiger partial charge in [0.2, 0.25) is 5.91 Å². The summed E-state index contributed by atoms with van der Waals surface area (Å²) in [6.07, 6.45) is 4.98. The van der Waals surface area contributed by atoms with Gasteiger partial charge >= 0.3 is 0 Å². The third kappa shape index (κ3) is 5.69. The number of carbonyl (C=O) groups is 2. The van der Waals surface area contributed by atoms with Crippen LogP contribution in [0.15, 0.2) is 77.4 Å². The van der Waals surface area contributed by atoms with Crippen LogP contribution < -0.4 is 5.32 Å². The third-order valence-electron chi connectivity index (χ3n) is 4.55. The standard InChI is InChI=1S/C24H24N2O3/c1-18-5-7-19(8-6-18)11-14-23(27)26(17-22-4-3-15-29-22)16-20-9-12-21(13-10-20)24(28)25-2/h3-15H,16-17H2,1-2H3,(H,25,28)/b14-11+. The second-order valence-electron chi connectivity index (χ2n) is 6.79. The van der Waals surface area contributed by atoms with Crippen LogP contribution in [0.5, 0.6) is 0 Å². The molecule has 148 valence electrons. The Morgan fingerprint density at radius 1 is 1.00 bits per heavy atom. The lowest BCUT2D eigenvalue weighted by Gasteiger charge is -2.20. The van der Waals surface area contributed by atoms with Crippen molar-refractivity contribution < 1.29 is 14.0 Å². The number of nitrogens with one attached hydrogen (secondary N) is 1. The van der Waals surface area contributed by atoms with Gasteiger partial charge in [-0.2, -0.15) is 0 Å². The van der Waals surface area contributed by atoms with Gasteiger partial charge in [0, 0.05) is 25.2 Å². The predicted molar refractivity (Wildman–Crippen MR) is 113 cm³/mol. The summed E-state index contributed by atoms with van der Waals surface area (Å²) in [5, 5.41) is 2.60. The fraction of sp³-hybridized carbons (Fsp3) is 0.167. The van der Waals surface area contributed by atoms with E-state index in [1.165, 1.54) is 5.56 Å². The number of carbonyl (C=O) groups excluding carboxylic acids is 2. The first-order chi connectivity index (χ1) is 14.0. The van der Waals surface area contributed by atoms with Gasteiger partial charge in [-0.05, 0) is 48.4 Å². The molecule has 0 saturated heterocycles. The summed E-state index contributed by atoms with van der Waals surface area (Å²) < 4.78 is 5.42. The van der Waals surface area contributed by atoms with Crippen molar-refractivity contribution >= 4 is 17.9 Å². The highest BCUT2D eigenvalue weighted by Crippen LogP contribution is 2.14. The summed E-state index contributed by atoms with van der Waals surface area (Å²) in [6, 6.07) is 18.9. The Kier molecular flexibility index (Phi) is 6.63. The van der Waals surface area contributed by atoms with Gasteiger partial charge in [-0.3, -0.25) is 9.59 Å². The number of aryl methyl sites for hydroxylation is 1. The first-order valence-electron chi connectivity index (χ1n) is 9.42. The summed E-state index contributed by atoms with van der Waals surface area (Å²) in [5.41, 5.74) is 3.66. The Labute approximate surface area is 170 Å². The van der Waals surface area contributed by atoms with E-state index in [9.17, 15) is 9.59 Å². The van der Waals surface area contributed by atoms with Gasteiger partial charge in [-0.25, -0.2) is 0 Å². The highest BCUT2D eigenvalue weighted by molar-refractivity contribution is 5.94. The van der Waals surface area contributed by atoms with E-state index in [0.717, 1.165) is 11.1 Å². The number of amides is 2. The maximum absolute atomic E-state index is 12.9. The number of rotatable bonds is 7. The van der Waals surface area contributed by atoms with E-state index in [1.54, 1.807) is 42.5 Å². The third-order valence-corrected chi connectivity index (χ3v) is 4.55. The Morgan fingerprint density at radius 2 is 1.72 bits per heavy atom. The van der Waals surface area contributed by atoms with Crippen LogP contribution in [0.1, 0.15) is 32.8 Å². The number of benzene rings is 2. The second kappa shape index (κ2) is 9.55. The Bertz CT molecular complexity index is 972. The van der Waals surface area contributed by atoms with Crippen LogP contribution in [0.3, 0.4) is 0 Å². The molecule has 5 heteroatoms. The molecular formula is C24H24N2O3. The minimum Gasteiger partial charge on any atom is -0.467 e. The molecule has 0 aliphatic carbocycles. The molecule has 0 aliphatic rings. The molecule has 2 amide bonds. The Hall–Kier alpha value is -3.60. The van der Waals surface area contributed by atoms with Crippen LogP contribution in [0.2, 0.25) is 0 Å². The highest BCUT2D eigenvalue weighted by Gasteiger charge is 2.14. The highest BCUT2D eigenvalue weighted by atomic mass is 16.3. The maximum Gasteiger partial charge on any atom is 0.251 e. The first-order valence-corrected chi connectivity index (χ1v) is 9.42. The van der Waals surface area contributed by atoms with Crippen LogP contribution in [-0.4, -0.2) is 23.8 Å². The van der Waals surface area contributed by atoms with Crippen molar-refractivity contribution in [1.29, 1.82) is 0 Å². The SMILES string of the molecule is CNC(=O)c1ccc(CN(Cc2ccco2)C(=O)/C=C/c2ccc(C)cc2)cc1. The lowest BCUT2D eigenvalue weighted by atomic mass is 10.1. The molecule has 0 fully saturated rings. The zero-order chi connectivity index (χ0) is 20.6. The van der Waals surface area contributed by atoms with E-state index in [1.807, 2.05) is 55.5 Å². The molecule has 3 rings (SSSR count). The molecule has 29 heavy (non-hydrogen) atoms. The largest absolute Gasteiger partial charge is 0.467 e. The van der Waals surface area contributed by atoms with Gasteiger partial charge in [-0.15, -0.1) is 0 Å². The molecule has 1 aromatic heterocycles. The van der Waals surface area contributed by atoms with Gasteiger partial charge < -0.3 is 14.6 Å². The lowest BCUT2D eigenvalue weighted by Crippen LogP contribution is -2.28. The minimum atomic E-state index is -0.138. The zero-order valence-corrected chi connectivity index (χ0v) is 16.6. The van der Waals surface area contributed by atoms with Gasteiger partial charge in [0.1, 0.15) is 5.76 Å². The molecule has 2 aromatic carbocycles. The van der Waals surface area contributed by atoms with Crippen molar-refractivity contribution in [3.63, 3.8) is 0 Å². The van der Waals surface area contributed by atoms with E-state index in [0.29, 0.717) is 24.4 Å². The lowest BCUT2D eigenvalue weighted by molar-refractivity contribution is -0.127. The van der Waals surface area contributed by atoms with Crippen LogP contribution in [-0.2, 0) is 17.9 Å². The van der Waals surface area contributed by atoms with Gasteiger partial charge in [0.05, 0.1) is 12.8 Å². The summed E-state index contributed by atoms with van der Waals surface area (Å²) in [6.45, 7) is 2.80. The Balaban J connectivity index is 1.75. The summed E-state index contributed by atoms with van der Waals surface area (Å²) in [7, 11) is 1.60. The molecule has 1 heterocycles. The monoisotopic (exact) mass is 388 g/mol. The van der Waals surface area contributed by atoms with Crippen molar-refractivity contribution in [2.45, 2.75) is 20.0 Å². The molecule has 0 atom stereocenters. The van der Waals surface area contributed by atoms with Crippen molar-refractivity contribution in [3.8, 4) is 0 Å². The molecule has 0 unspecified atom stereocenters. The molecule has 1 N–H and O–H groups in total. The average Bonchev–Trinajstić information content (AvgIpc) is 3.26. The molecule has 3 aromatic rings. The second-order valence-corrected chi connectivity index (χ2v) is 6.79. The van der Waals surface area contributed by atoms with Crippen molar-refractivity contribution in [3.05, 3.63) is 101 Å². The average molecular weight is 388 g/mol. The molecule has 0 aliphatic heterocycles. The number of hydrogen-bond acceptors (Lipinski definition) is 3. The van der Waals surface area contributed by atoms with Crippen molar-refractivity contribution in [1.82, 2.24) is 10.2 Å². The van der Waals surface area contributed by atoms with E-state index >= 15 is 0 Å². The van der Waals surface area contributed by atoms with Crippen LogP contribution in [0.25, 0.3) is 6.08 Å². The quantitative estimate of drug-likeness (QED) is 0.618. The molecule has 0 bridgehead atoms. The molecular weight excluding hydrogens is 364 g/mol. The van der Waals surface area contributed by atoms with Gasteiger partial charge in [-0.1, -0.05) is 42.0 Å². The van der Waals surface area contributed by atoms with Crippen LogP contribution in [0, 0.1) is 6.92 Å². The van der Waals surface area contributed by atoms with E-state index in [4.69, 9.17) is 4.42 Å². The van der Waals surface area contributed by atoms with Crippen molar-refractivity contribution in [2.75, 3.05) is 7.05 Å². The molecule has 0 radical (unpaired) electrons. The first kappa shape index (κ1) is 20.1.